The Morgan fingerprint density at radius 2 is 1.59 bits per heavy atom. The first kappa shape index (κ1) is 19.1. The Morgan fingerprint density at radius 3 is 2.15 bits per heavy atom. The second kappa shape index (κ2) is 9.30. The summed E-state index contributed by atoms with van der Waals surface area (Å²) in [6.07, 6.45) is 7.04. The van der Waals surface area contributed by atoms with Gasteiger partial charge in [0.2, 0.25) is 5.95 Å². The minimum atomic E-state index is 0.0187. The van der Waals surface area contributed by atoms with Crippen molar-refractivity contribution in [2.75, 3.05) is 49.1 Å². The third-order valence-electron chi connectivity index (χ3n) is 4.70. The second-order valence-corrected chi connectivity index (χ2v) is 6.73. The Bertz CT molecular complexity index is 707. The molecule has 1 aliphatic rings. The standard InChI is InChI=1S/C20H28N6O/c1-3-9-25(10-4-2)19(27)17-15-22-20(23-16-17)26-13-11-24(12-14-26)18-7-5-6-8-21-18/h5-8,15-16H,3-4,9-14H2,1-2H3. The minimum Gasteiger partial charge on any atom is -0.353 e. The molecule has 27 heavy (non-hydrogen) atoms. The molecular formula is C20H28N6O. The number of hydrogen-bond acceptors (Lipinski definition) is 6. The highest BCUT2D eigenvalue weighted by Gasteiger charge is 2.21. The molecule has 7 heteroatoms. The van der Waals surface area contributed by atoms with Gasteiger partial charge in [-0.15, -0.1) is 0 Å². The van der Waals surface area contributed by atoms with Crippen LogP contribution in [-0.2, 0) is 0 Å². The zero-order chi connectivity index (χ0) is 19.1. The number of carbonyl (C=O) groups excluding carboxylic acids is 1. The molecule has 1 saturated heterocycles. The largest absolute Gasteiger partial charge is 0.353 e. The lowest BCUT2D eigenvalue weighted by molar-refractivity contribution is 0.0754. The van der Waals surface area contributed by atoms with Gasteiger partial charge in [0.05, 0.1) is 5.56 Å². The molecule has 0 saturated carbocycles. The predicted molar refractivity (Wildman–Crippen MR) is 107 cm³/mol. The van der Waals surface area contributed by atoms with E-state index in [1.807, 2.05) is 29.3 Å². The third-order valence-corrected chi connectivity index (χ3v) is 4.70. The van der Waals surface area contributed by atoms with Crippen LogP contribution in [0, 0.1) is 0 Å². The molecule has 1 fully saturated rings. The van der Waals surface area contributed by atoms with Crippen LogP contribution < -0.4 is 9.80 Å². The quantitative estimate of drug-likeness (QED) is 0.748. The van der Waals surface area contributed by atoms with Crippen molar-refractivity contribution >= 4 is 17.7 Å². The molecule has 0 spiro atoms. The summed E-state index contributed by atoms with van der Waals surface area (Å²) in [5.41, 5.74) is 0.563. The van der Waals surface area contributed by atoms with Gasteiger partial charge in [0.15, 0.2) is 0 Å². The van der Waals surface area contributed by atoms with Crippen molar-refractivity contribution in [1.82, 2.24) is 19.9 Å². The smallest absolute Gasteiger partial charge is 0.256 e. The fraction of sp³-hybridized carbons (Fsp3) is 0.500. The van der Waals surface area contributed by atoms with Crippen LogP contribution in [0.5, 0.6) is 0 Å². The Hall–Kier alpha value is -2.70. The van der Waals surface area contributed by atoms with E-state index in [9.17, 15) is 4.79 Å². The summed E-state index contributed by atoms with van der Waals surface area (Å²) in [6.45, 7) is 9.13. The Labute approximate surface area is 161 Å². The minimum absolute atomic E-state index is 0.0187. The van der Waals surface area contributed by atoms with Gasteiger partial charge in [-0.3, -0.25) is 4.79 Å². The van der Waals surface area contributed by atoms with Gasteiger partial charge in [0, 0.05) is 57.9 Å². The van der Waals surface area contributed by atoms with Crippen LogP contribution in [0.3, 0.4) is 0 Å². The highest BCUT2D eigenvalue weighted by atomic mass is 16.2. The van der Waals surface area contributed by atoms with Crippen molar-refractivity contribution in [2.24, 2.45) is 0 Å². The zero-order valence-corrected chi connectivity index (χ0v) is 16.2. The van der Waals surface area contributed by atoms with E-state index in [-0.39, 0.29) is 5.91 Å². The van der Waals surface area contributed by atoms with E-state index in [1.165, 1.54) is 0 Å². The number of nitrogens with zero attached hydrogens (tertiary/aromatic N) is 6. The van der Waals surface area contributed by atoms with Gasteiger partial charge in [0.1, 0.15) is 5.82 Å². The predicted octanol–water partition coefficient (Wildman–Crippen LogP) is 2.46. The van der Waals surface area contributed by atoms with Crippen LogP contribution in [0.15, 0.2) is 36.8 Å². The third kappa shape index (κ3) is 4.72. The molecule has 0 radical (unpaired) electrons. The first-order valence-corrected chi connectivity index (χ1v) is 9.75. The van der Waals surface area contributed by atoms with Gasteiger partial charge in [-0.1, -0.05) is 19.9 Å². The van der Waals surface area contributed by atoms with Crippen molar-refractivity contribution < 1.29 is 4.79 Å². The van der Waals surface area contributed by atoms with Crippen molar-refractivity contribution in [1.29, 1.82) is 0 Å². The normalized spacial score (nSPS) is 14.3. The summed E-state index contributed by atoms with van der Waals surface area (Å²) in [6, 6.07) is 5.97. The van der Waals surface area contributed by atoms with Crippen LogP contribution in [0.25, 0.3) is 0 Å². The number of rotatable bonds is 7. The van der Waals surface area contributed by atoms with Crippen LogP contribution in [-0.4, -0.2) is 65.0 Å². The van der Waals surface area contributed by atoms with Gasteiger partial charge >= 0.3 is 0 Å². The Kier molecular flexibility index (Phi) is 6.57. The molecule has 144 valence electrons. The van der Waals surface area contributed by atoms with Gasteiger partial charge < -0.3 is 14.7 Å². The van der Waals surface area contributed by atoms with Gasteiger partial charge in [-0.2, -0.15) is 0 Å². The number of carbonyl (C=O) groups is 1. The maximum absolute atomic E-state index is 12.6. The molecule has 3 rings (SSSR count). The Balaban J connectivity index is 1.60. The van der Waals surface area contributed by atoms with Gasteiger partial charge in [-0.25, -0.2) is 15.0 Å². The number of hydrogen-bond donors (Lipinski definition) is 0. The molecule has 0 aromatic carbocycles. The average molecular weight is 368 g/mol. The van der Waals surface area contributed by atoms with Crippen LogP contribution in [0.4, 0.5) is 11.8 Å². The molecule has 2 aromatic rings. The summed E-state index contributed by atoms with van der Waals surface area (Å²) in [5.74, 6) is 1.71. The maximum Gasteiger partial charge on any atom is 0.256 e. The first-order valence-electron chi connectivity index (χ1n) is 9.75. The molecule has 0 bridgehead atoms. The summed E-state index contributed by atoms with van der Waals surface area (Å²) >= 11 is 0. The number of aromatic nitrogens is 3. The highest BCUT2D eigenvalue weighted by Crippen LogP contribution is 2.16. The van der Waals surface area contributed by atoms with Crippen LogP contribution in [0.2, 0.25) is 0 Å². The monoisotopic (exact) mass is 368 g/mol. The molecule has 0 atom stereocenters. The molecule has 2 aromatic heterocycles. The van der Waals surface area contributed by atoms with Crippen molar-refractivity contribution in [3.63, 3.8) is 0 Å². The molecule has 1 amide bonds. The van der Waals surface area contributed by atoms with Crippen LogP contribution >= 0.6 is 0 Å². The lowest BCUT2D eigenvalue weighted by atomic mass is 10.2. The van der Waals surface area contributed by atoms with E-state index in [2.05, 4.69) is 38.6 Å². The summed E-state index contributed by atoms with van der Waals surface area (Å²) in [7, 11) is 0. The van der Waals surface area contributed by atoms with E-state index in [1.54, 1.807) is 12.4 Å². The number of pyridine rings is 1. The average Bonchev–Trinajstić information content (AvgIpc) is 2.74. The summed E-state index contributed by atoms with van der Waals surface area (Å²) in [5, 5.41) is 0. The van der Waals surface area contributed by atoms with Crippen molar-refractivity contribution in [3.8, 4) is 0 Å². The van der Waals surface area contributed by atoms with Crippen molar-refractivity contribution in [3.05, 3.63) is 42.4 Å². The molecule has 0 N–H and O–H groups in total. The zero-order valence-electron chi connectivity index (χ0n) is 16.2. The lowest BCUT2D eigenvalue weighted by Gasteiger charge is -2.35. The Morgan fingerprint density at radius 1 is 0.963 bits per heavy atom. The van der Waals surface area contributed by atoms with E-state index in [0.717, 1.165) is 57.9 Å². The number of amides is 1. The number of anilines is 2. The molecule has 7 nitrogen and oxygen atoms in total. The van der Waals surface area contributed by atoms with Crippen molar-refractivity contribution in [2.45, 2.75) is 26.7 Å². The first-order chi connectivity index (χ1) is 13.2. The van der Waals surface area contributed by atoms with Crippen LogP contribution in [0.1, 0.15) is 37.0 Å². The lowest BCUT2D eigenvalue weighted by Crippen LogP contribution is -2.47. The topological polar surface area (TPSA) is 65.5 Å². The second-order valence-electron chi connectivity index (χ2n) is 6.73. The van der Waals surface area contributed by atoms with E-state index >= 15 is 0 Å². The van der Waals surface area contributed by atoms with E-state index in [0.29, 0.717) is 11.5 Å². The fourth-order valence-electron chi connectivity index (χ4n) is 3.31. The molecule has 1 aliphatic heterocycles. The highest BCUT2D eigenvalue weighted by molar-refractivity contribution is 5.93. The summed E-state index contributed by atoms with van der Waals surface area (Å²) in [4.78, 5) is 32.3. The number of piperazine rings is 1. The van der Waals surface area contributed by atoms with Gasteiger partial charge in [0.25, 0.3) is 5.91 Å². The maximum atomic E-state index is 12.6. The van der Waals surface area contributed by atoms with E-state index in [4.69, 9.17) is 0 Å². The fourth-order valence-corrected chi connectivity index (χ4v) is 3.31. The molecular weight excluding hydrogens is 340 g/mol. The summed E-state index contributed by atoms with van der Waals surface area (Å²) < 4.78 is 0. The molecule has 0 unspecified atom stereocenters. The SMILES string of the molecule is CCCN(CCC)C(=O)c1cnc(N2CCN(c3ccccn3)CC2)nc1. The van der Waals surface area contributed by atoms with E-state index < -0.39 is 0 Å². The molecule has 3 heterocycles. The van der Waals surface area contributed by atoms with Gasteiger partial charge in [-0.05, 0) is 25.0 Å². The molecule has 0 aliphatic carbocycles.